The van der Waals surface area contributed by atoms with Gasteiger partial charge >= 0.3 is 0 Å². The number of nitriles is 1. The molecule has 0 unspecified atom stereocenters. The van der Waals surface area contributed by atoms with E-state index >= 15 is 0 Å². The minimum Gasteiger partial charge on any atom is -0.359 e. The van der Waals surface area contributed by atoms with Gasteiger partial charge in [-0.3, -0.25) is 4.79 Å². The van der Waals surface area contributed by atoms with Crippen LogP contribution in [0.1, 0.15) is 29.9 Å². The number of carbonyl (C=O) groups is 1. The lowest BCUT2D eigenvalue weighted by molar-refractivity contribution is -0.126. The molecule has 0 spiro atoms. The normalized spacial score (nSPS) is 16.0. The smallest absolute Gasteiger partial charge is 0.244 e. The van der Waals surface area contributed by atoms with E-state index in [1.54, 1.807) is 25.1 Å². The second kappa shape index (κ2) is 7.90. The molecule has 2 heterocycles. The highest BCUT2D eigenvalue weighted by Gasteiger charge is 2.33. The van der Waals surface area contributed by atoms with Crippen molar-refractivity contribution in [1.82, 2.24) is 14.8 Å². The van der Waals surface area contributed by atoms with Gasteiger partial charge in [-0.2, -0.15) is 9.57 Å². The minimum atomic E-state index is -3.75. The number of hydrogen-bond donors (Lipinski definition) is 1. The zero-order valence-electron chi connectivity index (χ0n) is 14.9. The van der Waals surface area contributed by atoms with Gasteiger partial charge in [0.05, 0.1) is 22.7 Å². The molecule has 1 fully saturated rings. The number of aromatic nitrogens is 1. The van der Waals surface area contributed by atoms with E-state index < -0.39 is 10.0 Å². The fraction of sp³-hybridized carbons (Fsp3) is 0.389. The van der Waals surface area contributed by atoms with E-state index in [4.69, 9.17) is 9.78 Å². The molecule has 142 valence electrons. The summed E-state index contributed by atoms with van der Waals surface area (Å²) < 4.78 is 32.0. The summed E-state index contributed by atoms with van der Waals surface area (Å²) in [7, 11) is -3.75. The number of benzene rings is 1. The first-order valence-electron chi connectivity index (χ1n) is 8.61. The van der Waals surface area contributed by atoms with Gasteiger partial charge in [-0.1, -0.05) is 17.3 Å². The van der Waals surface area contributed by atoms with Crippen molar-refractivity contribution >= 4 is 15.9 Å². The van der Waals surface area contributed by atoms with Crippen molar-refractivity contribution < 1.29 is 17.7 Å². The van der Waals surface area contributed by atoms with Gasteiger partial charge in [0.15, 0.2) is 5.76 Å². The molecule has 3 rings (SSSR count). The molecule has 0 aliphatic carbocycles. The third-order valence-electron chi connectivity index (χ3n) is 4.56. The Labute approximate surface area is 157 Å². The van der Waals surface area contributed by atoms with Crippen LogP contribution in [-0.4, -0.2) is 36.9 Å². The number of carbonyl (C=O) groups excluding carboxylic acids is 1. The lowest BCUT2D eigenvalue weighted by Gasteiger charge is -2.30. The summed E-state index contributed by atoms with van der Waals surface area (Å²) in [5.74, 6) is 0.194. The van der Waals surface area contributed by atoms with Crippen molar-refractivity contribution in [2.24, 2.45) is 5.92 Å². The van der Waals surface area contributed by atoms with Crippen LogP contribution in [0.25, 0.3) is 0 Å². The van der Waals surface area contributed by atoms with Crippen molar-refractivity contribution in [2.45, 2.75) is 31.2 Å². The minimum absolute atomic E-state index is 0.0103. The topological polar surface area (TPSA) is 116 Å². The average Bonchev–Trinajstić information content (AvgIpc) is 3.11. The van der Waals surface area contributed by atoms with Gasteiger partial charge in [0.25, 0.3) is 0 Å². The molecule has 0 saturated carbocycles. The van der Waals surface area contributed by atoms with Gasteiger partial charge in [0.1, 0.15) is 6.07 Å². The number of nitrogens with one attached hydrogen (secondary N) is 1. The van der Waals surface area contributed by atoms with E-state index in [1.165, 1.54) is 16.4 Å². The average molecular weight is 388 g/mol. The summed E-state index contributed by atoms with van der Waals surface area (Å²) in [6, 6.07) is 9.82. The lowest BCUT2D eigenvalue weighted by atomic mass is 9.97. The number of aryl methyl sites for hydroxylation is 1. The molecule has 1 saturated heterocycles. The molecule has 1 aromatic heterocycles. The zero-order valence-corrected chi connectivity index (χ0v) is 15.7. The zero-order chi connectivity index (χ0) is 19.4. The Morgan fingerprint density at radius 2 is 2.07 bits per heavy atom. The number of hydrogen-bond acceptors (Lipinski definition) is 6. The predicted octanol–water partition coefficient (Wildman–Crippen LogP) is 1.57. The Morgan fingerprint density at radius 1 is 1.37 bits per heavy atom. The van der Waals surface area contributed by atoms with Gasteiger partial charge in [-0.25, -0.2) is 8.42 Å². The summed E-state index contributed by atoms with van der Waals surface area (Å²) in [5.41, 5.74) is 0.870. The molecule has 0 atom stereocenters. The van der Waals surface area contributed by atoms with Crippen LogP contribution in [0.4, 0.5) is 0 Å². The Bertz CT molecular complexity index is 969. The fourth-order valence-electron chi connectivity index (χ4n) is 3.10. The Balaban J connectivity index is 1.59. The summed E-state index contributed by atoms with van der Waals surface area (Å²) in [5, 5.41) is 15.7. The summed E-state index contributed by atoms with van der Waals surface area (Å²) in [6.45, 7) is 2.53. The largest absolute Gasteiger partial charge is 0.359 e. The molecule has 1 aromatic carbocycles. The molecular formula is C18H20N4O4S. The van der Waals surface area contributed by atoms with Crippen molar-refractivity contribution in [3.05, 3.63) is 47.3 Å². The summed E-state index contributed by atoms with van der Waals surface area (Å²) in [4.78, 5) is 12.3. The SMILES string of the molecule is Cc1cc(CNC(=O)C2CCN(S(=O)(=O)c3ccccc3C#N)CC2)on1. The maximum absolute atomic E-state index is 12.8. The Hall–Kier alpha value is -2.70. The van der Waals surface area contributed by atoms with E-state index in [0.29, 0.717) is 18.6 Å². The van der Waals surface area contributed by atoms with E-state index in [2.05, 4.69) is 10.5 Å². The second-order valence-corrected chi connectivity index (χ2v) is 8.35. The monoisotopic (exact) mass is 388 g/mol. The van der Waals surface area contributed by atoms with Crippen LogP contribution in [0.15, 0.2) is 39.8 Å². The maximum Gasteiger partial charge on any atom is 0.244 e. The first-order valence-corrected chi connectivity index (χ1v) is 10.0. The van der Waals surface area contributed by atoms with Crippen molar-refractivity contribution in [1.29, 1.82) is 5.26 Å². The van der Waals surface area contributed by atoms with Crippen LogP contribution in [0.3, 0.4) is 0 Å². The number of amides is 1. The van der Waals surface area contributed by atoms with Gasteiger partial charge in [0.2, 0.25) is 15.9 Å². The Morgan fingerprint density at radius 3 is 2.70 bits per heavy atom. The molecule has 1 aliphatic rings. The molecular weight excluding hydrogens is 368 g/mol. The summed E-state index contributed by atoms with van der Waals surface area (Å²) >= 11 is 0. The number of piperidine rings is 1. The molecule has 0 bridgehead atoms. The maximum atomic E-state index is 12.8. The van der Waals surface area contributed by atoms with Crippen LogP contribution < -0.4 is 5.32 Å². The van der Waals surface area contributed by atoms with Crippen molar-refractivity contribution in [3.63, 3.8) is 0 Å². The first kappa shape index (κ1) is 19.1. The van der Waals surface area contributed by atoms with Crippen molar-refractivity contribution in [3.8, 4) is 6.07 Å². The third-order valence-corrected chi connectivity index (χ3v) is 6.52. The van der Waals surface area contributed by atoms with Crippen LogP contribution in [0.5, 0.6) is 0 Å². The molecule has 2 aromatic rings. The highest BCUT2D eigenvalue weighted by molar-refractivity contribution is 7.89. The van der Waals surface area contributed by atoms with E-state index in [1.807, 2.05) is 6.07 Å². The molecule has 8 nitrogen and oxygen atoms in total. The number of nitrogens with zero attached hydrogens (tertiary/aromatic N) is 3. The third kappa shape index (κ3) is 4.18. The fourth-order valence-corrected chi connectivity index (χ4v) is 4.71. The number of sulfonamides is 1. The highest BCUT2D eigenvalue weighted by Crippen LogP contribution is 2.25. The molecule has 1 aliphatic heterocycles. The van der Waals surface area contributed by atoms with Crippen LogP contribution >= 0.6 is 0 Å². The predicted molar refractivity (Wildman–Crippen MR) is 95.7 cm³/mol. The lowest BCUT2D eigenvalue weighted by Crippen LogP contribution is -2.43. The van der Waals surface area contributed by atoms with Crippen molar-refractivity contribution in [2.75, 3.05) is 13.1 Å². The molecule has 9 heteroatoms. The van der Waals surface area contributed by atoms with Crippen LogP contribution in [0.2, 0.25) is 0 Å². The van der Waals surface area contributed by atoms with Gasteiger partial charge in [-0.05, 0) is 31.9 Å². The van der Waals surface area contributed by atoms with E-state index in [-0.39, 0.29) is 41.9 Å². The molecule has 27 heavy (non-hydrogen) atoms. The molecule has 0 radical (unpaired) electrons. The Kier molecular flexibility index (Phi) is 5.58. The quantitative estimate of drug-likeness (QED) is 0.831. The van der Waals surface area contributed by atoms with Crippen LogP contribution in [0, 0.1) is 24.2 Å². The first-order chi connectivity index (χ1) is 12.9. The van der Waals surface area contributed by atoms with Gasteiger partial charge in [-0.15, -0.1) is 0 Å². The molecule has 1 amide bonds. The van der Waals surface area contributed by atoms with E-state index in [0.717, 1.165) is 5.69 Å². The number of rotatable bonds is 5. The standard InChI is InChI=1S/C18H20N4O4S/c1-13-10-16(26-21-13)12-20-18(23)14-6-8-22(9-7-14)27(24,25)17-5-3-2-4-15(17)11-19/h2-5,10,14H,6-9,12H2,1H3,(H,20,23). The second-order valence-electron chi connectivity index (χ2n) is 6.44. The highest BCUT2D eigenvalue weighted by atomic mass is 32.2. The van der Waals surface area contributed by atoms with Gasteiger partial charge in [0, 0.05) is 25.1 Å². The van der Waals surface area contributed by atoms with Gasteiger partial charge < -0.3 is 9.84 Å². The van der Waals surface area contributed by atoms with Crippen LogP contribution in [-0.2, 0) is 21.4 Å². The summed E-state index contributed by atoms with van der Waals surface area (Å²) in [6.07, 6.45) is 0.852. The van der Waals surface area contributed by atoms with E-state index in [9.17, 15) is 13.2 Å². The molecule has 1 N–H and O–H groups in total.